The van der Waals surface area contributed by atoms with Crippen LogP contribution in [0.4, 0.5) is 4.39 Å². The number of carbonyl (C=O) groups is 1. The number of rotatable bonds is 6. The summed E-state index contributed by atoms with van der Waals surface area (Å²) in [4.78, 5) is 19.4. The number of aromatic nitrogens is 3. The Hall–Kier alpha value is -2.24. The van der Waals surface area contributed by atoms with Crippen molar-refractivity contribution in [3.63, 3.8) is 0 Å². The van der Waals surface area contributed by atoms with Crippen molar-refractivity contribution >= 4 is 5.91 Å². The quantitative estimate of drug-likeness (QED) is 0.791. The van der Waals surface area contributed by atoms with Crippen molar-refractivity contribution in [3.8, 4) is 0 Å². The molecule has 2 aromatic rings. The standard InChI is InChI=1S/C20H27FN4O/c1-15(2)6-11-18-22-19(20(26)24-12-4-3-5-13-24)25(23-18)14-16-7-9-17(21)10-8-16/h7-10,15H,3-6,11-14H2,1-2H3. The van der Waals surface area contributed by atoms with Gasteiger partial charge in [-0.1, -0.05) is 26.0 Å². The van der Waals surface area contributed by atoms with Crippen molar-refractivity contribution in [1.29, 1.82) is 0 Å². The first-order valence-corrected chi connectivity index (χ1v) is 9.50. The Balaban J connectivity index is 1.84. The van der Waals surface area contributed by atoms with Gasteiger partial charge in [0.05, 0.1) is 6.54 Å². The number of carbonyl (C=O) groups excluding carboxylic acids is 1. The summed E-state index contributed by atoms with van der Waals surface area (Å²) in [5, 5.41) is 4.58. The third kappa shape index (κ3) is 4.68. The van der Waals surface area contributed by atoms with Crippen LogP contribution in [0.5, 0.6) is 0 Å². The van der Waals surface area contributed by atoms with E-state index in [1.54, 1.807) is 16.8 Å². The average molecular weight is 358 g/mol. The number of aryl methyl sites for hydroxylation is 1. The van der Waals surface area contributed by atoms with E-state index in [0.717, 1.165) is 44.3 Å². The summed E-state index contributed by atoms with van der Waals surface area (Å²) in [7, 11) is 0. The van der Waals surface area contributed by atoms with E-state index in [2.05, 4.69) is 23.9 Å². The van der Waals surface area contributed by atoms with Gasteiger partial charge in [0, 0.05) is 19.5 Å². The Labute approximate surface area is 154 Å². The van der Waals surface area contributed by atoms with Gasteiger partial charge in [0.25, 0.3) is 5.91 Å². The number of piperidine rings is 1. The molecule has 6 heteroatoms. The van der Waals surface area contributed by atoms with Crippen LogP contribution in [0.2, 0.25) is 0 Å². The van der Waals surface area contributed by atoms with Crippen molar-refractivity contribution in [1.82, 2.24) is 19.7 Å². The predicted molar refractivity (Wildman–Crippen MR) is 98.4 cm³/mol. The number of nitrogens with zero attached hydrogens (tertiary/aromatic N) is 4. The molecular weight excluding hydrogens is 331 g/mol. The van der Waals surface area contributed by atoms with Gasteiger partial charge in [-0.2, -0.15) is 5.10 Å². The maximum Gasteiger partial charge on any atom is 0.291 e. The van der Waals surface area contributed by atoms with Crippen molar-refractivity contribution in [2.45, 2.75) is 52.5 Å². The predicted octanol–water partition coefficient (Wildman–Crippen LogP) is 3.68. The van der Waals surface area contributed by atoms with E-state index >= 15 is 0 Å². The number of amides is 1. The molecule has 1 amide bonds. The lowest BCUT2D eigenvalue weighted by Gasteiger charge is -2.26. The van der Waals surface area contributed by atoms with Gasteiger partial charge in [-0.05, 0) is 49.3 Å². The SMILES string of the molecule is CC(C)CCc1nc(C(=O)N2CCCCC2)n(Cc2ccc(F)cc2)n1. The van der Waals surface area contributed by atoms with E-state index in [1.807, 2.05) is 4.90 Å². The van der Waals surface area contributed by atoms with Crippen LogP contribution in [0.1, 0.15) is 61.5 Å². The molecule has 5 nitrogen and oxygen atoms in total. The fourth-order valence-electron chi connectivity index (χ4n) is 3.18. The van der Waals surface area contributed by atoms with Crippen LogP contribution in [0.3, 0.4) is 0 Å². The summed E-state index contributed by atoms with van der Waals surface area (Å²) in [6.45, 7) is 6.31. The third-order valence-corrected chi connectivity index (χ3v) is 4.74. The molecule has 2 heterocycles. The molecule has 0 saturated carbocycles. The van der Waals surface area contributed by atoms with E-state index < -0.39 is 0 Å². The molecular formula is C20H27FN4O. The lowest BCUT2D eigenvalue weighted by molar-refractivity contribution is 0.0706. The molecule has 1 aliphatic heterocycles. The molecule has 1 aliphatic rings. The molecule has 1 fully saturated rings. The highest BCUT2D eigenvalue weighted by Crippen LogP contribution is 2.15. The second-order valence-corrected chi connectivity index (χ2v) is 7.42. The molecule has 1 saturated heterocycles. The number of hydrogen-bond acceptors (Lipinski definition) is 3. The Morgan fingerprint density at radius 1 is 1.15 bits per heavy atom. The van der Waals surface area contributed by atoms with Crippen molar-refractivity contribution in [3.05, 3.63) is 47.3 Å². The zero-order valence-corrected chi connectivity index (χ0v) is 15.6. The Bertz CT molecular complexity index is 733. The molecule has 26 heavy (non-hydrogen) atoms. The van der Waals surface area contributed by atoms with Crippen LogP contribution < -0.4 is 0 Å². The molecule has 1 aromatic heterocycles. The molecule has 140 valence electrons. The molecule has 0 atom stereocenters. The molecule has 0 bridgehead atoms. The lowest BCUT2D eigenvalue weighted by Crippen LogP contribution is -2.37. The topological polar surface area (TPSA) is 51.0 Å². The summed E-state index contributed by atoms with van der Waals surface area (Å²) in [5.74, 6) is 1.35. The third-order valence-electron chi connectivity index (χ3n) is 4.74. The molecule has 0 unspecified atom stereocenters. The Morgan fingerprint density at radius 2 is 1.85 bits per heavy atom. The van der Waals surface area contributed by atoms with Crippen LogP contribution in [0, 0.1) is 11.7 Å². The summed E-state index contributed by atoms with van der Waals surface area (Å²) in [5.41, 5.74) is 0.902. The zero-order valence-electron chi connectivity index (χ0n) is 15.6. The van der Waals surface area contributed by atoms with Gasteiger partial charge in [0.15, 0.2) is 5.82 Å². The Kier molecular flexibility index (Phi) is 6.01. The van der Waals surface area contributed by atoms with Crippen molar-refractivity contribution < 1.29 is 9.18 Å². The van der Waals surface area contributed by atoms with E-state index in [9.17, 15) is 9.18 Å². The van der Waals surface area contributed by atoms with Crippen LogP contribution >= 0.6 is 0 Å². The highest BCUT2D eigenvalue weighted by molar-refractivity contribution is 5.90. The van der Waals surface area contributed by atoms with Crippen molar-refractivity contribution in [2.24, 2.45) is 5.92 Å². The molecule has 0 radical (unpaired) electrons. The van der Waals surface area contributed by atoms with Gasteiger partial charge in [-0.25, -0.2) is 14.1 Å². The van der Waals surface area contributed by atoms with Gasteiger partial charge in [0.1, 0.15) is 5.82 Å². The maximum atomic E-state index is 13.2. The number of benzene rings is 1. The summed E-state index contributed by atoms with van der Waals surface area (Å²) in [6, 6.07) is 6.30. The van der Waals surface area contributed by atoms with Crippen LogP contribution in [-0.4, -0.2) is 38.7 Å². The highest BCUT2D eigenvalue weighted by atomic mass is 19.1. The fourth-order valence-corrected chi connectivity index (χ4v) is 3.18. The average Bonchev–Trinajstić information content (AvgIpc) is 3.05. The monoisotopic (exact) mass is 358 g/mol. The fraction of sp³-hybridized carbons (Fsp3) is 0.550. The largest absolute Gasteiger partial charge is 0.336 e. The minimum absolute atomic E-state index is 0.0462. The maximum absolute atomic E-state index is 13.2. The Morgan fingerprint density at radius 3 is 2.50 bits per heavy atom. The van der Waals surface area contributed by atoms with Gasteiger partial charge in [-0.3, -0.25) is 4.79 Å². The second kappa shape index (κ2) is 8.43. The molecule has 0 N–H and O–H groups in total. The smallest absolute Gasteiger partial charge is 0.291 e. The van der Waals surface area contributed by atoms with Crippen LogP contribution in [0.15, 0.2) is 24.3 Å². The molecule has 0 spiro atoms. The van der Waals surface area contributed by atoms with Crippen LogP contribution in [0.25, 0.3) is 0 Å². The number of hydrogen-bond donors (Lipinski definition) is 0. The van der Waals surface area contributed by atoms with Gasteiger partial charge < -0.3 is 4.90 Å². The van der Waals surface area contributed by atoms with Gasteiger partial charge in [-0.15, -0.1) is 0 Å². The summed E-state index contributed by atoms with van der Waals surface area (Å²) in [6.07, 6.45) is 4.99. The first kappa shape index (κ1) is 18.5. The summed E-state index contributed by atoms with van der Waals surface area (Å²) >= 11 is 0. The first-order valence-electron chi connectivity index (χ1n) is 9.50. The molecule has 1 aromatic carbocycles. The highest BCUT2D eigenvalue weighted by Gasteiger charge is 2.24. The second-order valence-electron chi connectivity index (χ2n) is 7.42. The van der Waals surface area contributed by atoms with Gasteiger partial charge in [0.2, 0.25) is 5.82 Å². The van der Waals surface area contributed by atoms with E-state index in [0.29, 0.717) is 24.1 Å². The summed E-state index contributed by atoms with van der Waals surface area (Å²) < 4.78 is 14.8. The lowest BCUT2D eigenvalue weighted by atomic mass is 10.1. The van der Waals surface area contributed by atoms with E-state index in [4.69, 9.17) is 0 Å². The first-order chi connectivity index (χ1) is 12.5. The minimum atomic E-state index is -0.269. The van der Waals surface area contributed by atoms with E-state index in [1.165, 1.54) is 18.6 Å². The van der Waals surface area contributed by atoms with E-state index in [-0.39, 0.29) is 11.7 Å². The zero-order chi connectivity index (χ0) is 18.5. The minimum Gasteiger partial charge on any atom is -0.336 e. The number of halogens is 1. The molecule has 3 rings (SSSR count). The van der Waals surface area contributed by atoms with Crippen molar-refractivity contribution in [2.75, 3.05) is 13.1 Å². The van der Waals surface area contributed by atoms with Gasteiger partial charge >= 0.3 is 0 Å². The molecule has 0 aliphatic carbocycles. The normalized spacial score (nSPS) is 14.8. The van der Waals surface area contributed by atoms with Crippen LogP contribution in [-0.2, 0) is 13.0 Å². The number of likely N-dealkylation sites (tertiary alicyclic amines) is 1.